The van der Waals surface area contributed by atoms with Crippen LogP contribution in [0.1, 0.15) is 17.2 Å². The summed E-state index contributed by atoms with van der Waals surface area (Å²) in [5.74, 6) is 0.240. The van der Waals surface area contributed by atoms with E-state index in [9.17, 15) is 9.18 Å². The van der Waals surface area contributed by atoms with Gasteiger partial charge in [-0.05, 0) is 65.0 Å². The normalized spacial score (nSPS) is 11.9. The van der Waals surface area contributed by atoms with Gasteiger partial charge in [-0.25, -0.2) is 4.39 Å². The van der Waals surface area contributed by atoms with Crippen LogP contribution in [0.3, 0.4) is 0 Å². The number of carbonyl (C=O) groups is 1. The number of benzene rings is 2. The molecule has 29 heavy (non-hydrogen) atoms. The van der Waals surface area contributed by atoms with Gasteiger partial charge in [0.15, 0.2) is 0 Å². The first-order chi connectivity index (χ1) is 14.1. The number of fused-ring (bicyclic) bond motifs is 1. The first-order valence-electron chi connectivity index (χ1n) is 9.21. The van der Waals surface area contributed by atoms with Gasteiger partial charge < -0.3 is 14.6 Å². The van der Waals surface area contributed by atoms with E-state index in [0.717, 1.165) is 22.3 Å². The summed E-state index contributed by atoms with van der Waals surface area (Å²) in [6, 6.07) is 17.4. The number of carbonyl (C=O) groups excluding carboxylic acids is 1. The van der Waals surface area contributed by atoms with Gasteiger partial charge in [0.2, 0.25) is 5.91 Å². The molecule has 1 atom stereocenters. The molecule has 0 bridgehead atoms. The highest BCUT2D eigenvalue weighted by molar-refractivity contribution is 5.83. The van der Waals surface area contributed by atoms with E-state index in [1.54, 1.807) is 36.3 Å². The van der Waals surface area contributed by atoms with Crippen LogP contribution in [0, 0.1) is 5.82 Å². The Bertz CT molecular complexity index is 1120. The van der Waals surface area contributed by atoms with Crippen molar-refractivity contribution in [1.82, 2.24) is 14.9 Å². The highest BCUT2D eigenvalue weighted by Crippen LogP contribution is 2.24. The molecule has 2 aromatic heterocycles. The Morgan fingerprint density at radius 3 is 2.52 bits per heavy atom. The zero-order chi connectivity index (χ0) is 20.2. The maximum atomic E-state index is 13.6. The fourth-order valence-corrected chi connectivity index (χ4v) is 3.37. The molecule has 0 aliphatic rings. The molecule has 2 heterocycles. The molecule has 6 heteroatoms. The van der Waals surface area contributed by atoms with Gasteiger partial charge in [0.1, 0.15) is 18.1 Å². The van der Waals surface area contributed by atoms with Crippen molar-refractivity contribution < 1.29 is 13.9 Å². The molecule has 2 aromatic carbocycles. The Balaban J connectivity index is 1.59. The van der Waals surface area contributed by atoms with Crippen molar-refractivity contribution in [3.63, 3.8) is 0 Å². The summed E-state index contributed by atoms with van der Waals surface area (Å²) in [6.45, 7) is 0.0880. The summed E-state index contributed by atoms with van der Waals surface area (Å²) in [5, 5.41) is 3.97. The molecule has 1 N–H and O–H groups in total. The predicted molar refractivity (Wildman–Crippen MR) is 109 cm³/mol. The Kier molecular flexibility index (Phi) is 5.24. The molecular formula is C23H20FN3O2. The van der Waals surface area contributed by atoms with Crippen LogP contribution < -0.4 is 10.1 Å². The number of ether oxygens (including phenoxy) is 1. The van der Waals surface area contributed by atoms with Crippen molar-refractivity contribution in [1.29, 1.82) is 0 Å². The zero-order valence-electron chi connectivity index (χ0n) is 15.9. The highest BCUT2D eigenvalue weighted by Gasteiger charge is 2.18. The molecule has 0 radical (unpaired) electrons. The molecule has 5 nitrogen and oxygen atoms in total. The molecule has 0 aliphatic heterocycles. The molecule has 0 fully saturated rings. The first kappa shape index (κ1) is 18.7. The number of hydrogen-bond donors (Lipinski definition) is 1. The van der Waals surface area contributed by atoms with Gasteiger partial charge in [-0.1, -0.05) is 12.1 Å². The summed E-state index contributed by atoms with van der Waals surface area (Å²) in [7, 11) is 1.61. The van der Waals surface area contributed by atoms with Crippen LogP contribution >= 0.6 is 0 Å². The fourth-order valence-electron chi connectivity index (χ4n) is 3.37. The SMILES string of the molecule is COc1ccc([C@H](NC(=O)Cn2ccc3ccc(F)cc32)c2ccncc2)cc1. The van der Waals surface area contributed by atoms with Crippen molar-refractivity contribution in [2.75, 3.05) is 7.11 Å². The minimum absolute atomic E-state index is 0.0880. The third-order valence-electron chi connectivity index (χ3n) is 4.84. The van der Waals surface area contributed by atoms with E-state index < -0.39 is 0 Å². The molecule has 4 rings (SSSR count). The molecule has 146 valence electrons. The summed E-state index contributed by atoms with van der Waals surface area (Å²) in [5.41, 5.74) is 2.53. The largest absolute Gasteiger partial charge is 0.497 e. The number of aromatic nitrogens is 2. The van der Waals surface area contributed by atoms with E-state index >= 15 is 0 Å². The van der Waals surface area contributed by atoms with Crippen LogP contribution in [0.4, 0.5) is 4.39 Å². The number of nitrogens with zero attached hydrogens (tertiary/aromatic N) is 2. The second-order valence-electron chi connectivity index (χ2n) is 6.70. The van der Waals surface area contributed by atoms with Gasteiger partial charge in [0.05, 0.1) is 18.7 Å². The van der Waals surface area contributed by atoms with Crippen molar-refractivity contribution in [3.8, 4) is 5.75 Å². The van der Waals surface area contributed by atoms with E-state index in [0.29, 0.717) is 5.52 Å². The quantitative estimate of drug-likeness (QED) is 0.540. The number of rotatable bonds is 6. The molecule has 0 spiro atoms. The van der Waals surface area contributed by atoms with Crippen molar-refractivity contribution in [2.45, 2.75) is 12.6 Å². The third kappa shape index (κ3) is 4.11. The van der Waals surface area contributed by atoms with Crippen LogP contribution in [0.25, 0.3) is 10.9 Å². The van der Waals surface area contributed by atoms with Gasteiger partial charge in [0.25, 0.3) is 0 Å². The van der Waals surface area contributed by atoms with Gasteiger partial charge in [-0.3, -0.25) is 9.78 Å². The second kappa shape index (κ2) is 8.14. The number of methoxy groups -OCH3 is 1. The molecule has 4 aromatic rings. The first-order valence-corrected chi connectivity index (χ1v) is 9.21. The van der Waals surface area contributed by atoms with E-state index in [1.165, 1.54) is 12.1 Å². The van der Waals surface area contributed by atoms with Crippen LogP contribution in [0.5, 0.6) is 5.75 Å². The van der Waals surface area contributed by atoms with Crippen molar-refractivity contribution in [2.24, 2.45) is 0 Å². The summed E-state index contributed by atoms with van der Waals surface area (Å²) < 4.78 is 20.6. The van der Waals surface area contributed by atoms with Crippen LogP contribution in [0.15, 0.2) is 79.3 Å². The Hall–Kier alpha value is -3.67. The van der Waals surface area contributed by atoms with Crippen molar-refractivity contribution >= 4 is 16.8 Å². The zero-order valence-corrected chi connectivity index (χ0v) is 15.9. The lowest BCUT2D eigenvalue weighted by molar-refractivity contribution is -0.122. The summed E-state index contributed by atoms with van der Waals surface area (Å²) in [6.07, 6.45) is 5.18. The molecule has 0 saturated carbocycles. The van der Waals surface area contributed by atoms with Crippen LogP contribution in [-0.4, -0.2) is 22.6 Å². The maximum Gasteiger partial charge on any atom is 0.240 e. The Morgan fingerprint density at radius 1 is 1.07 bits per heavy atom. The summed E-state index contributed by atoms with van der Waals surface area (Å²) in [4.78, 5) is 16.9. The number of hydrogen-bond acceptors (Lipinski definition) is 3. The maximum absolute atomic E-state index is 13.6. The molecule has 0 saturated heterocycles. The Morgan fingerprint density at radius 2 is 1.79 bits per heavy atom. The topological polar surface area (TPSA) is 56.1 Å². The minimum atomic E-state index is -0.338. The van der Waals surface area contributed by atoms with Gasteiger partial charge in [-0.2, -0.15) is 0 Å². The molecule has 1 amide bonds. The second-order valence-corrected chi connectivity index (χ2v) is 6.70. The third-order valence-corrected chi connectivity index (χ3v) is 4.84. The number of nitrogens with one attached hydrogen (secondary N) is 1. The highest BCUT2D eigenvalue weighted by atomic mass is 19.1. The van der Waals surface area contributed by atoms with Gasteiger partial charge in [0, 0.05) is 18.6 Å². The molecule has 0 unspecified atom stereocenters. The summed E-state index contributed by atoms with van der Waals surface area (Å²) >= 11 is 0. The average molecular weight is 389 g/mol. The van der Waals surface area contributed by atoms with Crippen molar-refractivity contribution in [3.05, 3.63) is 96.2 Å². The van der Waals surface area contributed by atoms with Crippen LogP contribution in [-0.2, 0) is 11.3 Å². The fraction of sp³-hybridized carbons (Fsp3) is 0.130. The lowest BCUT2D eigenvalue weighted by Crippen LogP contribution is -2.32. The van der Waals surface area contributed by atoms with E-state index in [1.807, 2.05) is 42.5 Å². The lowest BCUT2D eigenvalue weighted by atomic mass is 9.99. The predicted octanol–water partition coefficient (Wildman–Crippen LogP) is 4.09. The smallest absolute Gasteiger partial charge is 0.240 e. The van der Waals surface area contributed by atoms with Gasteiger partial charge >= 0.3 is 0 Å². The minimum Gasteiger partial charge on any atom is -0.497 e. The Labute approximate surface area is 167 Å². The van der Waals surface area contributed by atoms with E-state index in [2.05, 4.69) is 10.3 Å². The number of pyridine rings is 1. The molecular weight excluding hydrogens is 369 g/mol. The van der Waals surface area contributed by atoms with E-state index in [4.69, 9.17) is 4.74 Å². The molecule has 0 aliphatic carbocycles. The monoisotopic (exact) mass is 389 g/mol. The average Bonchev–Trinajstić information content (AvgIpc) is 3.14. The van der Waals surface area contributed by atoms with Gasteiger partial charge in [-0.15, -0.1) is 0 Å². The van der Waals surface area contributed by atoms with Crippen LogP contribution in [0.2, 0.25) is 0 Å². The lowest BCUT2D eigenvalue weighted by Gasteiger charge is -2.20. The van der Waals surface area contributed by atoms with E-state index in [-0.39, 0.29) is 24.3 Å². The number of halogens is 1. The number of amides is 1. The standard InChI is InChI=1S/C23H20FN3O2/c1-29-20-6-3-17(4-7-20)23(18-8-11-25-12-9-18)26-22(28)15-27-13-10-16-2-5-19(24)14-21(16)27/h2-14,23H,15H2,1H3,(H,26,28)/t23-/m0/s1.